The highest BCUT2D eigenvalue weighted by molar-refractivity contribution is 5.95. The predicted octanol–water partition coefficient (Wildman–Crippen LogP) is 5.23. The fourth-order valence-electron chi connectivity index (χ4n) is 4.86. The number of carbonyl (C=O) groups is 2. The Morgan fingerprint density at radius 2 is 1.27 bits per heavy atom. The number of hydrogen-bond acceptors (Lipinski definition) is 6. The van der Waals surface area contributed by atoms with Gasteiger partial charge in [0, 0.05) is 38.2 Å². The summed E-state index contributed by atoms with van der Waals surface area (Å²) in [4.78, 5) is 29.8. The molecule has 1 heterocycles. The highest BCUT2D eigenvalue weighted by Gasteiger charge is 2.25. The fraction of sp³-hybridized carbons (Fsp3) is 0.312. The molecule has 41 heavy (non-hydrogen) atoms. The van der Waals surface area contributed by atoms with Gasteiger partial charge in [-0.3, -0.25) is 14.5 Å². The van der Waals surface area contributed by atoms with Gasteiger partial charge in [-0.2, -0.15) is 0 Å². The molecule has 9 heteroatoms. The molecule has 1 fully saturated rings. The summed E-state index contributed by atoms with van der Waals surface area (Å²) in [5, 5.41) is 0. The smallest absolute Gasteiger partial charge is 0.254 e. The van der Waals surface area contributed by atoms with Crippen LogP contribution in [0.3, 0.4) is 0 Å². The van der Waals surface area contributed by atoms with Crippen molar-refractivity contribution in [2.45, 2.75) is 12.8 Å². The van der Waals surface area contributed by atoms with Crippen LogP contribution in [-0.4, -0.2) is 75.5 Å². The minimum atomic E-state index is -0.340. The maximum absolute atomic E-state index is 13.5. The topological polar surface area (TPSA) is 68.3 Å². The SMILES string of the molecule is COc1cc(C(=O)N2CCN(CC(=O)CCC=C(c3ccc(F)cc3)c3ccc(F)cc3)CC2)cc(OC)c1OC. The Balaban J connectivity index is 1.33. The first-order valence-corrected chi connectivity index (χ1v) is 13.4. The molecule has 3 aromatic rings. The number of nitrogens with zero attached hydrogens (tertiary/aromatic N) is 2. The third-order valence-corrected chi connectivity index (χ3v) is 7.05. The summed E-state index contributed by atoms with van der Waals surface area (Å²) in [6, 6.07) is 15.5. The molecule has 0 radical (unpaired) electrons. The number of piperazine rings is 1. The number of allylic oxidation sites excluding steroid dienone is 1. The minimum Gasteiger partial charge on any atom is -0.493 e. The van der Waals surface area contributed by atoms with E-state index in [1.54, 1.807) is 41.3 Å². The van der Waals surface area contributed by atoms with Crippen molar-refractivity contribution in [2.24, 2.45) is 0 Å². The molecule has 1 aliphatic heterocycles. The molecule has 4 rings (SSSR count). The summed E-state index contributed by atoms with van der Waals surface area (Å²) >= 11 is 0. The molecule has 0 spiro atoms. The summed E-state index contributed by atoms with van der Waals surface area (Å²) in [6.45, 7) is 2.43. The van der Waals surface area contributed by atoms with Crippen LogP contribution in [0.1, 0.15) is 34.3 Å². The second kappa shape index (κ2) is 13.9. The van der Waals surface area contributed by atoms with Gasteiger partial charge in [0.1, 0.15) is 17.4 Å². The average Bonchev–Trinajstić information content (AvgIpc) is 2.99. The number of carbonyl (C=O) groups excluding carboxylic acids is 2. The van der Waals surface area contributed by atoms with Crippen molar-refractivity contribution >= 4 is 17.3 Å². The molecular formula is C32H34F2N2O5. The van der Waals surface area contributed by atoms with Gasteiger partial charge in [-0.1, -0.05) is 30.3 Å². The summed E-state index contributed by atoms with van der Waals surface area (Å²) in [7, 11) is 4.52. The first kappa shape index (κ1) is 29.7. The zero-order valence-electron chi connectivity index (χ0n) is 23.5. The van der Waals surface area contributed by atoms with Gasteiger partial charge in [0.05, 0.1) is 27.9 Å². The van der Waals surface area contributed by atoms with Crippen LogP contribution >= 0.6 is 0 Å². The molecule has 7 nitrogen and oxygen atoms in total. The Bertz CT molecular complexity index is 1310. The molecule has 0 aromatic heterocycles. The van der Waals surface area contributed by atoms with E-state index in [0.29, 0.717) is 68.4 Å². The van der Waals surface area contributed by atoms with Crippen LogP contribution in [0.25, 0.3) is 5.57 Å². The van der Waals surface area contributed by atoms with Gasteiger partial charge in [0.15, 0.2) is 11.5 Å². The number of hydrogen-bond donors (Lipinski definition) is 0. The molecule has 0 bridgehead atoms. The van der Waals surface area contributed by atoms with Gasteiger partial charge in [0.2, 0.25) is 5.75 Å². The van der Waals surface area contributed by atoms with Crippen LogP contribution in [0.4, 0.5) is 8.78 Å². The summed E-state index contributed by atoms with van der Waals surface area (Å²) in [5.74, 6) is 0.510. The number of amides is 1. The lowest BCUT2D eigenvalue weighted by molar-refractivity contribution is -0.120. The molecule has 0 N–H and O–H groups in total. The van der Waals surface area contributed by atoms with Crippen molar-refractivity contribution in [1.82, 2.24) is 9.80 Å². The van der Waals surface area contributed by atoms with Gasteiger partial charge in [-0.25, -0.2) is 8.78 Å². The Labute approximate surface area is 238 Å². The number of ketones is 1. The van der Waals surface area contributed by atoms with Gasteiger partial charge in [-0.15, -0.1) is 0 Å². The molecule has 1 amide bonds. The van der Waals surface area contributed by atoms with Crippen LogP contribution in [0.5, 0.6) is 17.2 Å². The third-order valence-electron chi connectivity index (χ3n) is 7.05. The molecule has 0 atom stereocenters. The van der Waals surface area contributed by atoms with Gasteiger partial charge < -0.3 is 19.1 Å². The van der Waals surface area contributed by atoms with E-state index in [1.807, 2.05) is 11.0 Å². The maximum atomic E-state index is 13.5. The zero-order chi connectivity index (χ0) is 29.4. The Morgan fingerprint density at radius 3 is 1.73 bits per heavy atom. The largest absolute Gasteiger partial charge is 0.493 e. The third kappa shape index (κ3) is 7.49. The number of halogens is 2. The van der Waals surface area contributed by atoms with Crippen molar-refractivity contribution in [3.63, 3.8) is 0 Å². The van der Waals surface area contributed by atoms with E-state index >= 15 is 0 Å². The Morgan fingerprint density at radius 1 is 0.756 bits per heavy atom. The monoisotopic (exact) mass is 564 g/mol. The van der Waals surface area contributed by atoms with Crippen molar-refractivity contribution < 1.29 is 32.6 Å². The number of Topliss-reactive ketones (excluding diaryl/α,β-unsaturated/α-hetero) is 1. The highest BCUT2D eigenvalue weighted by atomic mass is 19.1. The number of methoxy groups -OCH3 is 3. The quantitative estimate of drug-likeness (QED) is 0.318. The molecule has 0 saturated carbocycles. The van der Waals surface area contributed by atoms with Crippen molar-refractivity contribution in [2.75, 3.05) is 54.1 Å². The van der Waals surface area contributed by atoms with E-state index in [9.17, 15) is 18.4 Å². The second-order valence-electron chi connectivity index (χ2n) is 9.69. The molecule has 216 valence electrons. The van der Waals surface area contributed by atoms with Crippen molar-refractivity contribution in [1.29, 1.82) is 0 Å². The zero-order valence-corrected chi connectivity index (χ0v) is 23.5. The average molecular weight is 565 g/mol. The molecule has 1 saturated heterocycles. The van der Waals surface area contributed by atoms with Crippen molar-refractivity contribution in [3.8, 4) is 17.2 Å². The van der Waals surface area contributed by atoms with E-state index in [2.05, 4.69) is 0 Å². The first-order valence-electron chi connectivity index (χ1n) is 13.4. The minimum absolute atomic E-state index is 0.0863. The van der Waals surface area contributed by atoms with Gasteiger partial charge in [0.25, 0.3) is 5.91 Å². The standard InChI is InChI=1S/C32H34F2N2O5/c1-39-29-19-24(20-30(40-2)31(29)41-3)32(38)36-17-15-35(16-18-36)21-27(37)5-4-6-28(22-7-11-25(33)12-8-22)23-9-13-26(34)14-10-23/h6-14,19-20H,4-5,15-18,21H2,1-3H3. The van der Waals surface area contributed by atoms with E-state index in [1.165, 1.54) is 45.6 Å². The molecule has 0 aliphatic carbocycles. The summed E-state index contributed by atoms with van der Waals surface area (Å²) < 4.78 is 43.0. The molecule has 3 aromatic carbocycles. The lowest BCUT2D eigenvalue weighted by atomic mass is 9.96. The maximum Gasteiger partial charge on any atom is 0.254 e. The van der Waals surface area contributed by atoms with Crippen LogP contribution in [0.2, 0.25) is 0 Å². The lowest BCUT2D eigenvalue weighted by Gasteiger charge is -2.34. The lowest BCUT2D eigenvalue weighted by Crippen LogP contribution is -2.49. The molecular weight excluding hydrogens is 530 g/mol. The van der Waals surface area contributed by atoms with Gasteiger partial charge >= 0.3 is 0 Å². The fourth-order valence-corrected chi connectivity index (χ4v) is 4.86. The van der Waals surface area contributed by atoms with E-state index in [0.717, 1.165) is 16.7 Å². The Kier molecular flexibility index (Phi) is 10.1. The number of rotatable bonds is 11. The molecule has 1 aliphatic rings. The van der Waals surface area contributed by atoms with Gasteiger partial charge in [-0.05, 0) is 59.5 Å². The van der Waals surface area contributed by atoms with E-state index in [4.69, 9.17) is 14.2 Å². The number of benzene rings is 3. The van der Waals surface area contributed by atoms with E-state index in [-0.39, 0.29) is 23.3 Å². The number of ether oxygens (including phenoxy) is 3. The normalized spacial score (nSPS) is 13.4. The van der Waals surface area contributed by atoms with Crippen LogP contribution in [0, 0.1) is 11.6 Å². The van der Waals surface area contributed by atoms with E-state index < -0.39 is 0 Å². The highest BCUT2D eigenvalue weighted by Crippen LogP contribution is 2.38. The van der Waals surface area contributed by atoms with Crippen molar-refractivity contribution in [3.05, 3.63) is 95.1 Å². The summed E-state index contributed by atoms with van der Waals surface area (Å²) in [5.41, 5.74) is 2.84. The van der Waals surface area contributed by atoms with Crippen LogP contribution in [0.15, 0.2) is 66.7 Å². The summed E-state index contributed by atoms with van der Waals surface area (Å²) in [6.07, 6.45) is 2.76. The second-order valence-corrected chi connectivity index (χ2v) is 9.69. The predicted molar refractivity (Wildman–Crippen MR) is 153 cm³/mol. The van der Waals surface area contributed by atoms with Crippen LogP contribution < -0.4 is 14.2 Å². The Hall–Kier alpha value is -4.24. The molecule has 0 unspecified atom stereocenters. The first-order chi connectivity index (χ1) is 19.8. The van der Waals surface area contributed by atoms with Crippen LogP contribution in [-0.2, 0) is 4.79 Å².